The zero-order chi connectivity index (χ0) is 14.8. The number of carbonyl (C=O) groups is 1. The van der Waals surface area contributed by atoms with Crippen molar-refractivity contribution in [2.45, 2.75) is 0 Å². The van der Waals surface area contributed by atoms with Crippen LogP contribution in [0.1, 0.15) is 21.7 Å². The second-order valence-electron chi connectivity index (χ2n) is 4.44. The maximum atomic E-state index is 12.8. The summed E-state index contributed by atoms with van der Waals surface area (Å²) in [5.41, 5.74) is 7.40. The van der Waals surface area contributed by atoms with Crippen LogP contribution >= 0.6 is 0 Å². The molecule has 3 rings (SSSR count). The summed E-state index contributed by atoms with van der Waals surface area (Å²) in [7, 11) is 0. The van der Waals surface area contributed by atoms with Gasteiger partial charge in [0.25, 0.3) is 5.91 Å². The molecule has 0 aliphatic rings. The van der Waals surface area contributed by atoms with Gasteiger partial charge in [0.2, 0.25) is 0 Å². The number of aromatic amines is 1. The minimum Gasteiger partial charge on any atom is -0.364 e. The first kappa shape index (κ1) is 13.0. The Labute approximate surface area is 119 Å². The van der Waals surface area contributed by atoms with Gasteiger partial charge in [-0.1, -0.05) is 18.2 Å². The van der Waals surface area contributed by atoms with Crippen LogP contribution in [0.2, 0.25) is 0 Å². The fraction of sp³-hybridized carbons (Fsp3) is 0. The fourth-order valence-electron chi connectivity index (χ4n) is 2.02. The molecule has 0 aliphatic heterocycles. The quantitative estimate of drug-likeness (QED) is 0.773. The number of H-pyrrole nitrogens is 1. The van der Waals surface area contributed by atoms with Gasteiger partial charge >= 0.3 is 0 Å². The van der Waals surface area contributed by atoms with Crippen LogP contribution in [-0.4, -0.2) is 21.1 Å². The summed E-state index contributed by atoms with van der Waals surface area (Å²) >= 11 is 0. The number of benzene rings is 1. The molecule has 0 saturated heterocycles. The maximum Gasteiger partial charge on any atom is 0.269 e. The molecule has 0 bridgehead atoms. The standard InChI is InChI=1S/C15H11FN4O/c16-10-4-1-9(2-5-10)3-6-12-11-7-8-18-14(15(17)21)13(11)20-19-12/h1-8H,(H2,17,21)(H,19,20)/b6-3+. The van der Waals surface area contributed by atoms with E-state index in [1.807, 2.05) is 6.08 Å². The van der Waals surface area contributed by atoms with Gasteiger partial charge in [0.05, 0.1) is 5.69 Å². The van der Waals surface area contributed by atoms with Gasteiger partial charge in [0.15, 0.2) is 5.69 Å². The molecule has 0 saturated carbocycles. The fourth-order valence-corrected chi connectivity index (χ4v) is 2.02. The van der Waals surface area contributed by atoms with Gasteiger partial charge < -0.3 is 5.73 Å². The molecule has 6 heteroatoms. The largest absolute Gasteiger partial charge is 0.364 e. The third-order valence-corrected chi connectivity index (χ3v) is 3.05. The van der Waals surface area contributed by atoms with Crippen molar-refractivity contribution in [1.82, 2.24) is 15.2 Å². The minimum absolute atomic E-state index is 0.130. The summed E-state index contributed by atoms with van der Waals surface area (Å²) < 4.78 is 12.8. The van der Waals surface area contributed by atoms with Crippen molar-refractivity contribution < 1.29 is 9.18 Å². The zero-order valence-corrected chi connectivity index (χ0v) is 10.9. The van der Waals surface area contributed by atoms with E-state index < -0.39 is 5.91 Å². The Balaban J connectivity index is 2.00. The highest BCUT2D eigenvalue weighted by Crippen LogP contribution is 2.19. The molecule has 21 heavy (non-hydrogen) atoms. The van der Waals surface area contributed by atoms with Gasteiger partial charge in [-0.3, -0.25) is 9.89 Å². The predicted molar refractivity (Wildman–Crippen MR) is 77.7 cm³/mol. The second kappa shape index (κ2) is 5.16. The molecule has 0 unspecified atom stereocenters. The summed E-state index contributed by atoms with van der Waals surface area (Å²) in [6, 6.07) is 7.86. The van der Waals surface area contributed by atoms with Crippen molar-refractivity contribution in [2.24, 2.45) is 5.73 Å². The highest BCUT2D eigenvalue weighted by atomic mass is 19.1. The Morgan fingerprint density at radius 2 is 1.95 bits per heavy atom. The summed E-state index contributed by atoms with van der Waals surface area (Å²) in [5, 5.41) is 7.65. The summed E-state index contributed by atoms with van der Waals surface area (Å²) in [4.78, 5) is 15.2. The number of hydrogen-bond donors (Lipinski definition) is 2. The number of amides is 1. The molecule has 0 radical (unpaired) electrons. The number of nitrogens with one attached hydrogen (secondary N) is 1. The van der Waals surface area contributed by atoms with Crippen LogP contribution in [0.25, 0.3) is 23.1 Å². The number of fused-ring (bicyclic) bond motifs is 1. The Morgan fingerprint density at radius 3 is 2.67 bits per heavy atom. The van der Waals surface area contributed by atoms with E-state index >= 15 is 0 Å². The van der Waals surface area contributed by atoms with E-state index in [4.69, 9.17) is 5.73 Å². The van der Waals surface area contributed by atoms with Gasteiger partial charge in [-0.2, -0.15) is 5.10 Å². The molecule has 2 aromatic heterocycles. The van der Waals surface area contributed by atoms with Crippen LogP contribution in [0.4, 0.5) is 4.39 Å². The number of pyridine rings is 1. The topological polar surface area (TPSA) is 84.7 Å². The lowest BCUT2D eigenvalue weighted by Gasteiger charge is -1.95. The number of halogens is 1. The summed E-state index contributed by atoms with van der Waals surface area (Å²) in [6.07, 6.45) is 5.12. The van der Waals surface area contributed by atoms with Gasteiger partial charge in [0, 0.05) is 11.6 Å². The zero-order valence-electron chi connectivity index (χ0n) is 10.9. The van der Waals surface area contributed by atoms with Crippen molar-refractivity contribution in [1.29, 1.82) is 0 Å². The molecule has 3 aromatic rings. The molecule has 5 nitrogen and oxygen atoms in total. The highest BCUT2D eigenvalue weighted by molar-refractivity contribution is 6.04. The lowest BCUT2D eigenvalue weighted by Crippen LogP contribution is -2.13. The predicted octanol–water partition coefficient (Wildman–Crippen LogP) is 2.37. The number of primary amides is 1. The molecule has 2 heterocycles. The van der Waals surface area contributed by atoms with E-state index in [-0.39, 0.29) is 11.5 Å². The number of nitrogens with zero attached hydrogens (tertiary/aromatic N) is 2. The molecular formula is C15H11FN4O. The van der Waals surface area contributed by atoms with Crippen molar-refractivity contribution in [3.8, 4) is 0 Å². The van der Waals surface area contributed by atoms with E-state index in [0.717, 1.165) is 16.6 Å². The minimum atomic E-state index is -0.624. The lowest BCUT2D eigenvalue weighted by molar-refractivity contribution is 0.0997. The van der Waals surface area contributed by atoms with Crippen LogP contribution < -0.4 is 5.73 Å². The number of carbonyl (C=O) groups excluding carboxylic acids is 1. The number of nitrogens with two attached hydrogens (primary N) is 1. The van der Waals surface area contributed by atoms with Crippen LogP contribution in [0.5, 0.6) is 0 Å². The number of rotatable bonds is 3. The molecule has 0 spiro atoms. The monoisotopic (exact) mass is 282 g/mol. The Hall–Kier alpha value is -3.02. The van der Waals surface area contributed by atoms with E-state index in [9.17, 15) is 9.18 Å². The molecule has 1 aromatic carbocycles. The molecule has 3 N–H and O–H groups in total. The van der Waals surface area contributed by atoms with Crippen LogP contribution in [0.3, 0.4) is 0 Å². The Morgan fingerprint density at radius 1 is 1.19 bits per heavy atom. The normalized spacial score (nSPS) is 11.3. The van der Waals surface area contributed by atoms with E-state index in [1.165, 1.54) is 18.3 Å². The average molecular weight is 282 g/mol. The van der Waals surface area contributed by atoms with Crippen molar-refractivity contribution in [3.05, 3.63) is 59.3 Å². The third kappa shape index (κ3) is 2.51. The lowest BCUT2D eigenvalue weighted by atomic mass is 10.1. The average Bonchev–Trinajstić information content (AvgIpc) is 2.89. The van der Waals surface area contributed by atoms with Crippen LogP contribution in [-0.2, 0) is 0 Å². The van der Waals surface area contributed by atoms with Crippen molar-refractivity contribution in [3.63, 3.8) is 0 Å². The summed E-state index contributed by atoms with van der Waals surface area (Å²) in [5.74, 6) is -0.905. The molecule has 0 atom stereocenters. The smallest absolute Gasteiger partial charge is 0.269 e. The first-order valence-electron chi connectivity index (χ1n) is 6.21. The van der Waals surface area contributed by atoms with E-state index in [1.54, 1.807) is 24.3 Å². The molecule has 0 aliphatic carbocycles. The molecule has 104 valence electrons. The van der Waals surface area contributed by atoms with Crippen molar-refractivity contribution >= 4 is 29.0 Å². The van der Waals surface area contributed by atoms with Gasteiger partial charge in [0.1, 0.15) is 11.3 Å². The van der Waals surface area contributed by atoms with Crippen molar-refractivity contribution in [2.75, 3.05) is 0 Å². The number of aromatic nitrogens is 3. The van der Waals surface area contributed by atoms with Gasteiger partial charge in [-0.05, 0) is 29.8 Å². The molecule has 1 amide bonds. The second-order valence-corrected chi connectivity index (χ2v) is 4.44. The van der Waals surface area contributed by atoms with Gasteiger partial charge in [-0.15, -0.1) is 0 Å². The summed E-state index contributed by atoms with van der Waals surface area (Å²) in [6.45, 7) is 0. The third-order valence-electron chi connectivity index (χ3n) is 3.05. The van der Waals surface area contributed by atoms with Crippen LogP contribution in [0.15, 0.2) is 36.5 Å². The molecular weight excluding hydrogens is 271 g/mol. The Bertz CT molecular complexity index is 837. The first-order chi connectivity index (χ1) is 10.1. The Kier molecular flexibility index (Phi) is 3.19. The molecule has 0 fully saturated rings. The maximum absolute atomic E-state index is 12.8. The van der Waals surface area contributed by atoms with Gasteiger partial charge in [-0.25, -0.2) is 9.37 Å². The van der Waals surface area contributed by atoms with Crippen LogP contribution in [0, 0.1) is 5.82 Å². The number of hydrogen-bond acceptors (Lipinski definition) is 3. The highest BCUT2D eigenvalue weighted by Gasteiger charge is 2.12. The van der Waals surface area contributed by atoms with E-state index in [2.05, 4.69) is 15.2 Å². The first-order valence-corrected chi connectivity index (χ1v) is 6.21. The van der Waals surface area contributed by atoms with E-state index in [0.29, 0.717) is 5.52 Å². The SMILES string of the molecule is NC(=O)c1nccc2c(/C=C/c3ccc(F)cc3)[nH]nc12.